The van der Waals surface area contributed by atoms with E-state index < -0.39 is 17.9 Å². The number of rotatable bonds is 2. The van der Waals surface area contributed by atoms with E-state index >= 15 is 0 Å². The summed E-state index contributed by atoms with van der Waals surface area (Å²) >= 11 is 1.39. The fourth-order valence-electron chi connectivity index (χ4n) is 2.39. The van der Waals surface area contributed by atoms with Gasteiger partial charge in [-0.3, -0.25) is 15.2 Å². The molecule has 22 heavy (non-hydrogen) atoms. The van der Waals surface area contributed by atoms with Crippen molar-refractivity contribution < 1.29 is 18.0 Å². The summed E-state index contributed by atoms with van der Waals surface area (Å²) in [5, 5.41) is 7.42. The first kappa shape index (κ1) is 15.0. The molecule has 0 spiro atoms. The highest BCUT2D eigenvalue weighted by molar-refractivity contribution is 7.14. The molecule has 0 fully saturated rings. The average Bonchev–Trinajstić information content (AvgIpc) is 3.01. The topological polar surface area (TPSA) is 70.7 Å². The SMILES string of the molecule is O=C(Nc1n[nH]c(C(F)(F)F)n1)c1cc2c(s1)CCCCC2. The van der Waals surface area contributed by atoms with E-state index in [0.29, 0.717) is 4.88 Å². The van der Waals surface area contributed by atoms with Crippen LogP contribution in [0.2, 0.25) is 0 Å². The van der Waals surface area contributed by atoms with E-state index in [9.17, 15) is 18.0 Å². The van der Waals surface area contributed by atoms with Crippen LogP contribution in [0.4, 0.5) is 19.1 Å². The maximum Gasteiger partial charge on any atom is 0.451 e. The maximum absolute atomic E-state index is 12.4. The van der Waals surface area contributed by atoms with Gasteiger partial charge in [-0.1, -0.05) is 6.42 Å². The highest BCUT2D eigenvalue weighted by Gasteiger charge is 2.35. The number of carbonyl (C=O) groups is 1. The highest BCUT2D eigenvalue weighted by atomic mass is 32.1. The van der Waals surface area contributed by atoms with Gasteiger partial charge in [-0.2, -0.15) is 18.2 Å². The van der Waals surface area contributed by atoms with Crippen LogP contribution in [0, 0.1) is 0 Å². The van der Waals surface area contributed by atoms with Crippen molar-refractivity contribution in [2.45, 2.75) is 38.3 Å². The van der Waals surface area contributed by atoms with Crippen molar-refractivity contribution in [1.29, 1.82) is 0 Å². The van der Waals surface area contributed by atoms with Crippen molar-refractivity contribution in [3.63, 3.8) is 0 Å². The zero-order valence-corrected chi connectivity index (χ0v) is 12.3. The van der Waals surface area contributed by atoms with Gasteiger partial charge in [0.15, 0.2) is 0 Å². The van der Waals surface area contributed by atoms with Gasteiger partial charge < -0.3 is 0 Å². The van der Waals surface area contributed by atoms with Crippen LogP contribution in [-0.2, 0) is 19.0 Å². The van der Waals surface area contributed by atoms with Crippen molar-refractivity contribution in [3.05, 3.63) is 27.2 Å². The number of hydrogen-bond donors (Lipinski definition) is 2. The van der Waals surface area contributed by atoms with Gasteiger partial charge in [0, 0.05) is 4.88 Å². The van der Waals surface area contributed by atoms with Crippen LogP contribution >= 0.6 is 11.3 Å². The first-order chi connectivity index (χ1) is 10.4. The lowest BCUT2D eigenvalue weighted by molar-refractivity contribution is -0.144. The standard InChI is InChI=1S/C13H13F3N4OS/c14-13(15,16)11-18-12(20-19-11)17-10(21)9-6-7-4-2-1-3-5-8(7)22-9/h6H,1-5H2,(H2,17,18,19,20,21). The third kappa shape index (κ3) is 3.13. The van der Waals surface area contributed by atoms with Crippen molar-refractivity contribution in [2.75, 3.05) is 5.32 Å². The van der Waals surface area contributed by atoms with Crippen LogP contribution in [0.5, 0.6) is 0 Å². The van der Waals surface area contributed by atoms with Gasteiger partial charge in [-0.25, -0.2) is 0 Å². The van der Waals surface area contributed by atoms with Crippen LogP contribution in [0.25, 0.3) is 0 Å². The molecule has 0 saturated heterocycles. The van der Waals surface area contributed by atoms with Gasteiger partial charge in [0.05, 0.1) is 4.88 Å². The Kier molecular flexibility index (Phi) is 3.90. The molecule has 0 aromatic carbocycles. The number of halogens is 3. The quantitative estimate of drug-likeness (QED) is 0.829. The number of nitrogens with zero attached hydrogens (tertiary/aromatic N) is 2. The number of carbonyl (C=O) groups excluding carboxylic acids is 1. The zero-order chi connectivity index (χ0) is 15.7. The van der Waals surface area contributed by atoms with Gasteiger partial charge in [0.1, 0.15) is 0 Å². The van der Waals surface area contributed by atoms with Gasteiger partial charge in [-0.15, -0.1) is 16.4 Å². The minimum atomic E-state index is -4.61. The van der Waals surface area contributed by atoms with Crippen molar-refractivity contribution in [2.24, 2.45) is 0 Å². The van der Waals surface area contributed by atoms with E-state index in [1.807, 2.05) is 6.07 Å². The number of anilines is 1. The lowest BCUT2D eigenvalue weighted by Crippen LogP contribution is -2.12. The molecule has 2 N–H and O–H groups in total. The molecule has 3 rings (SSSR count). The Balaban J connectivity index is 1.73. The molecule has 2 aromatic heterocycles. The highest BCUT2D eigenvalue weighted by Crippen LogP contribution is 2.30. The van der Waals surface area contributed by atoms with E-state index in [-0.39, 0.29) is 5.95 Å². The third-order valence-corrected chi connectivity index (χ3v) is 4.69. The molecule has 1 aliphatic rings. The Morgan fingerprint density at radius 2 is 2.05 bits per heavy atom. The molecule has 0 unspecified atom stereocenters. The number of H-pyrrole nitrogens is 1. The largest absolute Gasteiger partial charge is 0.451 e. The van der Waals surface area contributed by atoms with Crippen LogP contribution in [0.1, 0.15) is 45.2 Å². The summed E-state index contributed by atoms with van der Waals surface area (Å²) in [7, 11) is 0. The molecular formula is C13H13F3N4OS. The summed E-state index contributed by atoms with van der Waals surface area (Å²) in [5.41, 5.74) is 1.17. The van der Waals surface area contributed by atoms with Gasteiger partial charge in [0.2, 0.25) is 11.8 Å². The summed E-state index contributed by atoms with van der Waals surface area (Å²) < 4.78 is 37.2. The number of thiophene rings is 1. The number of hydrogen-bond acceptors (Lipinski definition) is 4. The molecule has 1 aliphatic carbocycles. The van der Waals surface area contributed by atoms with Crippen LogP contribution in [0.3, 0.4) is 0 Å². The van der Waals surface area contributed by atoms with Crippen LogP contribution in [0.15, 0.2) is 6.07 Å². The summed E-state index contributed by atoms with van der Waals surface area (Å²) in [4.78, 5) is 17.0. The first-order valence-electron chi connectivity index (χ1n) is 6.86. The number of aromatic amines is 1. The Hall–Kier alpha value is -1.90. The van der Waals surface area contributed by atoms with Crippen LogP contribution in [-0.4, -0.2) is 21.1 Å². The minimum Gasteiger partial charge on any atom is -0.288 e. The third-order valence-electron chi connectivity index (χ3n) is 3.45. The first-order valence-corrected chi connectivity index (χ1v) is 7.67. The Bertz CT molecular complexity index is 668. The van der Waals surface area contributed by atoms with Gasteiger partial charge in [0.25, 0.3) is 5.91 Å². The number of aryl methyl sites for hydroxylation is 2. The Labute approximate surface area is 128 Å². The lowest BCUT2D eigenvalue weighted by atomic mass is 10.1. The lowest BCUT2D eigenvalue weighted by Gasteiger charge is -1.99. The predicted octanol–water partition coefficient (Wildman–Crippen LogP) is 3.41. The molecular weight excluding hydrogens is 317 g/mol. The van der Waals surface area contributed by atoms with Crippen molar-refractivity contribution in [3.8, 4) is 0 Å². The fraction of sp³-hybridized carbons (Fsp3) is 0.462. The molecule has 0 aliphatic heterocycles. The van der Waals surface area contributed by atoms with E-state index in [2.05, 4.69) is 15.4 Å². The summed E-state index contributed by atoms with van der Waals surface area (Å²) in [6.07, 6.45) is 0.659. The van der Waals surface area contributed by atoms with Gasteiger partial charge >= 0.3 is 6.18 Å². The molecule has 2 aromatic rings. The van der Waals surface area contributed by atoms with E-state index in [1.165, 1.54) is 28.2 Å². The van der Waals surface area contributed by atoms with E-state index in [1.54, 1.807) is 5.10 Å². The van der Waals surface area contributed by atoms with Crippen LogP contribution < -0.4 is 5.32 Å². The summed E-state index contributed by atoms with van der Waals surface area (Å²) in [6.45, 7) is 0. The maximum atomic E-state index is 12.4. The van der Waals surface area contributed by atoms with Gasteiger partial charge in [-0.05, 0) is 37.3 Å². The Morgan fingerprint density at radius 1 is 1.27 bits per heavy atom. The molecule has 118 valence electrons. The molecule has 9 heteroatoms. The molecule has 0 bridgehead atoms. The second kappa shape index (κ2) is 5.71. The summed E-state index contributed by atoms with van der Waals surface area (Å²) in [6, 6.07) is 1.82. The van der Waals surface area contributed by atoms with Crippen molar-refractivity contribution in [1.82, 2.24) is 15.2 Å². The summed E-state index contributed by atoms with van der Waals surface area (Å²) in [5.74, 6) is -2.09. The number of aromatic nitrogens is 3. The molecule has 0 saturated carbocycles. The molecule has 5 nitrogen and oxygen atoms in total. The monoisotopic (exact) mass is 330 g/mol. The van der Waals surface area contributed by atoms with Crippen molar-refractivity contribution >= 4 is 23.2 Å². The number of fused-ring (bicyclic) bond motifs is 1. The smallest absolute Gasteiger partial charge is 0.288 e. The predicted molar refractivity (Wildman–Crippen MR) is 74.9 cm³/mol. The molecule has 2 heterocycles. The van der Waals surface area contributed by atoms with E-state index in [4.69, 9.17) is 0 Å². The minimum absolute atomic E-state index is 0.374. The number of nitrogens with one attached hydrogen (secondary N) is 2. The second-order valence-corrected chi connectivity index (χ2v) is 6.22. The average molecular weight is 330 g/mol. The number of amides is 1. The normalized spacial score (nSPS) is 15.2. The Morgan fingerprint density at radius 3 is 2.77 bits per heavy atom. The molecule has 0 radical (unpaired) electrons. The second-order valence-electron chi connectivity index (χ2n) is 5.08. The fourth-order valence-corrected chi connectivity index (χ4v) is 3.54. The zero-order valence-electron chi connectivity index (χ0n) is 11.5. The van der Waals surface area contributed by atoms with E-state index in [0.717, 1.165) is 25.7 Å². The molecule has 0 atom stereocenters. The molecule has 1 amide bonds. The number of alkyl halides is 3.